The van der Waals surface area contributed by atoms with Crippen molar-refractivity contribution in [2.75, 3.05) is 11.9 Å². The molecule has 34 heavy (non-hydrogen) atoms. The summed E-state index contributed by atoms with van der Waals surface area (Å²) in [6, 6.07) is 10.9. The number of aryl methyl sites for hydroxylation is 1. The van der Waals surface area contributed by atoms with E-state index in [0.717, 1.165) is 31.9 Å². The van der Waals surface area contributed by atoms with E-state index in [1.807, 2.05) is 4.57 Å². The molecule has 9 heteroatoms. The van der Waals surface area contributed by atoms with Gasteiger partial charge in [-0.1, -0.05) is 30.7 Å². The lowest BCUT2D eigenvalue weighted by Gasteiger charge is -2.24. The van der Waals surface area contributed by atoms with E-state index >= 15 is 0 Å². The zero-order chi connectivity index (χ0) is 23.5. The predicted molar refractivity (Wildman–Crippen MR) is 125 cm³/mol. The van der Waals surface area contributed by atoms with Crippen molar-refractivity contribution in [1.29, 1.82) is 0 Å². The number of nitrogens with zero attached hydrogens (tertiary/aromatic N) is 4. The number of aromatic nitrogens is 4. The molecule has 4 aromatic rings. The Morgan fingerprint density at radius 3 is 2.68 bits per heavy atom. The summed E-state index contributed by atoms with van der Waals surface area (Å²) in [4.78, 5) is 13.4. The average Bonchev–Trinajstić information content (AvgIpc) is 3.22. The molecular formula is C25H25F3N6. The molecule has 1 saturated heterocycles. The standard InChI is InChI=1S/C25H25F3N6/c26-19-9-2-1-6-16(19)14-30-25-31-15-21-24(33-25)34(13-11-17-7-3-4-12-29-17)23(32-21)18-8-5-10-20(27)22(18)28/h1-2,5-6,8-10,15,17,29H,3-4,7,11-14H2,(H,30,31,33). The third-order valence-corrected chi connectivity index (χ3v) is 6.19. The molecule has 5 rings (SSSR count). The highest BCUT2D eigenvalue weighted by Gasteiger charge is 2.21. The van der Waals surface area contributed by atoms with E-state index in [-0.39, 0.29) is 17.9 Å². The Morgan fingerprint density at radius 1 is 1.00 bits per heavy atom. The summed E-state index contributed by atoms with van der Waals surface area (Å²) in [6.07, 6.45) is 5.74. The summed E-state index contributed by atoms with van der Waals surface area (Å²) in [5, 5.41) is 6.56. The first-order valence-electron chi connectivity index (χ1n) is 11.5. The Kier molecular flexibility index (Phi) is 6.44. The average molecular weight is 467 g/mol. The molecule has 2 aromatic carbocycles. The molecule has 6 nitrogen and oxygen atoms in total. The molecule has 2 aromatic heterocycles. The van der Waals surface area contributed by atoms with Gasteiger partial charge in [0.1, 0.15) is 17.2 Å². The van der Waals surface area contributed by atoms with Gasteiger partial charge < -0.3 is 15.2 Å². The second kappa shape index (κ2) is 9.80. The first kappa shape index (κ1) is 22.3. The SMILES string of the molecule is Fc1ccccc1CNc1ncc2nc(-c3cccc(F)c3F)n(CCC3CCCCN3)c2n1. The quantitative estimate of drug-likeness (QED) is 0.399. The van der Waals surface area contributed by atoms with Crippen LogP contribution in [0.4, 0.5) is 19.1 Å². The van der Waals surface area contributed by atoms with Crippen molar-refractivity contribution in [3.63, 3.8) is 0 Å². The molecule has 176 valence electrons. The van der Waals surface area contributed by atoms with E-state index < -0.39 is 11.6 Å². The minimum absolute atomic E-state index is 0.0791. The highest BCUT2D eigenvalue weighted by atomic mass is 19.2. The summed E-state index contributed by atoms with van der Waals surface area (Å²) in [6.45, 7) is 1.72. The van der Waals surface area contributed by atoms with Crippen LogP contribution >= 0.6 is 0 Å². The zero-order valence-electron chi connectivity index (χ0n) is 18.6. The minimum Gasteiger partial charge on any atom is -0.350 e. The molecule has 0 aliphatic carbocycles. The van der Waals surface area contributed by atoms with Crippen LogP contribution in [-0.4, -0.2) is 32.1 Å². The Hall–Kier alpha value is -3.46. The van der Waals surface area contributed by atoms with Gasteiger partial charge >= 0.3 is 0 Å². The number of hydrogen-bond donors (Lipinski definition) is 2. The lowest BCUT2D eigenvalue weighted by Crippen LogP contribution is -2.34. The van der Waals surface area contributed by atoms with Crippen LogP contribution < -0.4 is 10.6 Å². The summed E-state index contributed by atoms with van der Waals surface area (Å²) < 4.78 is 44.5. The Bertz CT molecular complexity index is 1300. The molecule has 0 radical (unpaired) electrons. The van der Waals surface area contributed by atoms with Crippen LogP contribution in [0.5, 0.6) is 0 Å². The number of benzene rings is 2. The predicted octanol–water partition coefficient (Wildman–Crippen LogP) is 5.05. The Morgan fingerprint density at radius 2 is 1.85 bits per heavy atom. The fourth-order valence-corrected chi connectivity index (χ4v) is 4.37. The molecule has 1 aliphatic rings. The molecule has 2 N–H and O–H groups in total. The molecule has 0 spiro atoms. The molecule has 0 amide bonds. The maximum atomic E-state index is 14.7. The first-order valence-corrected chi connectivity index (χ1v) is 11.5. The van der Waals surface area contributed by atoms with Crippen molar-refractivity contribution in [1.82, 2.24) is 24.8 Å². The Balaban J connectivity index is 1.50. The van der Waals surface area contributed by atoms with Crippen LogP contribution in [-0.2, 0) is 13.1 Å². The number of halogens is 3. The van der Waals surface area contributed by atoms with E-state index in [1.165, 1.54) is 24.6 Å². The maximum Gasteiger partial charge on any atom is 0.225 e. The smallest absolute Gasteiger partial charge is 0.225 e. The van der Waals surface area contributed by atoms with Gasteiger partial charge in [-0.15, -0.1) is 0 Å². The van der Waals surface area contributed by atoms with Crippen LogP contribution in [0.3, 0.4) is 0 Å². The monoisotopic (exact) mass is 466 g/mol. The minimum atomic E-state index is -0.944. The molecule has 0 bridgehead atoms. The van der Waals surface area contributed by atoms with Gasteiger partial charge in [0.2, 0.25) is 5.95 Å². The molecule has 1 fully saturated rings. The normalized spacial score (nSPS) is 16.1. The van der Waals surface area contributed by atoms with Crippen molar-refractivity contribution in [2.24, 2.45) is 0 Å². The van der Waals surface area contributed by atoms with Crippen molar-refractivity contribution >= 4 is 17.1 Å². The van der Waals surface area contributed by atoms with E-state index in [2.05, 4.69) is 25.6 Å². The van der Waals surface area contributed by atoms with Crippen LogP contribution in [0.2, 0.25) is 0 Å². The number of piperidine rings is 1. The Labute approximate surface area is 195 Å². The van der Waals surface area contributed by atoms with Crippen LogP contribution in [0, 0.1) is 17.5 Å². The second-order valence-electron chi connectivity index (χ2n) is 8.47. The number of hydrogen-bond acceptors (Lipinski definition) is 5. The van der Waals surface area contributed by atoms with Crippen molar-refractivity contribution in [2.45, 2.75) is 44.8 Å². The lowest BCUT2D eigenvalue weighted by atomic mass is 10.0. The lowest BCUT2D eigenvalue weighted by molar-refractivity contribution is 0.368. The number of rotatable bonds is 7. The van der Waals surface area contributed by atoms with Gasteiger partial charge in [-0.2, -0.15) is 4.98 Å². The van der Waals surface area contributed by atoms with Crippen molar-refractivity contribution in [3.05, 3.63) is 71.7 Å². The summed E-state index contributed by atoms with van der Waals surface area (Å²) in [5.41, 5.74) is 1.56. The topological polar surface area (TPSA) is 67.7 Å². The molecule has 0 saturated carbocycles. The van der Waals surface area contributed by atoms with E-state index in [9.17, 15) is 13.2 Å². The van der Waals surface area contributed by atoms with Crippen LogP contribution in [0.25, 0.3) is 22.6 Å². The summed E-state index contributed by atoms with van der Waals surface area (Å²) in [5.74, 6) is -1.57. The third kappa shape index (κ3) is 4.61. The van der Waals surface area contributed by atoms with Crippen molar-refractivity contribution in [3.8, 4) is 11.4 Å². The molecular weight excluding hydrogens is 441 g/mol. The van der Waals surface area contributed by atoms with E-state index in [0.29, 0.717) is 41.1 Å². The number of anilines is 1. The summed E-state index contributed by atoms with van der Waals surface area (Å²) in [7, 11) is 0. The summed E-state index contributed by atoms with van der Waals surface area (Å²) >= 11 is 0. The fraction of sp³-hybridized carbons (Fsp3) is 0.320. The van der Waals surface area contributed by atoms with Gasteiger partial charge in [-0.05, 0) is 44.0 Å². The van der Waals surface area contributed by atoms with Gasteiger partial charge in [0.05, 0.1) is 11.8 Å². The van der Waals surface area contributed by atoms with Gasteiger partial charge in [0, 0.05) is 24.7 Å². The van der Waals surface area contributed by atoms with Gasteiger partial charge in [-0.25, -0.2) is 23.1 Å². The highest BCUT2D eigenvalue weighted by Crippen LogP contribution is 2.28. The highest BCUT2D eigenvalue weighted by molar-refractivity contribution is 5.77. The van der Waals surface area contributed by atoms with Crippen LogP contribution in [0.15, 0.2) is 48.7 Å². The van der Waals surface area contributed by atoms with Gasteiger partial charge in [0.25, 0.3) is 0 Å². The molecule has 1 atom stereocenters. The maximum absolute atomic E-state index is 14.7. The number of nitrogens with one attached hydrogen (secondary N) is 2. The second-order valence-corrected chi connectivity index (χ2v) is 8.47. The van der Waals surface area contributed by atoms with E-state index in [1.54, 1.807) is 24.4 Å². The largest absolute Gasteiger partial charge is 0.350 e. The first-order chi connectivity index (χ1) is 16.6. The molecule has 3 heterocycles. The van der Waals surface area contributed by atoms with Gasteiger partial charge in [0.15, 0.2) is 17.3 Å². The molecule has 1 aliphatic heterocycles. The van der Waals surface area contributed by atoms with Gasteiger partial charge in [-0.3, -0.25) is 0 Å². The molecule has 1 unspecified atom stereocenters. The fourth-order valence-electron chi connectivity index (χ4n) is 4.37. The zero-order valence-corrected chi connectivity index (χ0v) is 18.6. The number of imidazole rings is 1. The van der Waals surface area contributed by atoms with E-state index in [4.69, 9.17) is 0 Å². The third-order valence-electron chi connectivity index (χ3n) is 6.19. The van der Waals surface area contributed by atoms with Crippen LogP contribution in [0.1, 0.15) is 31.2 Å². The number of fused-ring (bicyclic) bond motifs is 1. The van der Waals surface area contributed by atoms with Crippen molar-refractivity contribution < 1.29 is 13.2 Å².